The van der Waals surface area contributed by atoms with E-state index in [4.69, 9.17) is 5.73 Å². The molecule has 1 aromatic rings. The Morgan fingerprint density at radius 3 is 2.58 bits per heavy atom. The third-order valence-electron chi connectivity index (χ3n) is 2.49. The summed E-state index contributed by atoms with van der Waals surface area (Å²) in [4.78, 5) is 23.0. The number of nitrogens with one attached hydrogen (secondary N) is 2. The Kier molecular flexibility index (Phi) is 5.75. The van der Waals surface area contributed by atoms with Crippen molar-refractivity contribution in [2.75, 3.05) is 10.6 Å². The van der Waals surface area contributed by atoms with Crippen LogP contribution in [-0.4, -0.2) is 17.9 Å². The summed E-state index contributed by atoms with van der Waals surface area (Å²) in [6.07, 6.45) is 2.42. The molecule has 0 aromatic heterocycles. The van der Waals surface area contributed by atoms with Gasteiger partial charge in [0.15, 0.2) is 0 Å². The second kappa shape index (κ2) is 7.33. The summed E-state index contributed by atoms with van der Waals surface area (Å²) in [5.41, 5.74) is 6.90. The van der Waals surface area contributed by atoms with Gasteiger partial charge >= 0.3 is 0 Å². The average Bonchev–Trinajstić information content (AvgIpc) is 2.39. The first kappa shape index (κ1) is 14.9. The van der Waals surface area contributed by atoms with E-state index in [1.54, 1.807) is 37.3 Å². The lowest BCUT2D eigenvalue weighted by Gasteiger charge is -2.11. The number of hydrogen-bond donors (Lipinski definition) is 3. The van der Waals surface area contributed by atoms with Gasteiger partial charge in [-0.25, -0.2) is 0 Å². The minimum Gasteiger partial charge on any atom is -0.326 e. The van der Waals surface area contributed by atoms with Gasteiger partial charge in [-0.2, -0.15) is 0 Å². The van der Waals surface area contributed by atoms with Crippen molar-refractivity contribution in [3.63, 3.8) is 0 Å². The van der Waals surface area contributed by atoms with Crippen LogP contribution in [0.25, 0.3) is 0 Å². The molecule has 0 saturated heterocycles. The molecule has 102 valence electrons. The zero-order valence-corrected chi connectivity index (χ0v) is 11.0. The van der Waals surface area contributed by atoms with Crippen LogP contribution in [0, 0.1) is 0 Å². The summed E-state index contributed by atoms with van der Waals surface area (Å²) in [5, 5.41) is 5.42. The van der Waals surface area contributed by atoms with E-state index in [9.17, 15) is 9.59 Å². The summed E-state index contributed by atoms with van der Waals surface area (Å²) in [5.74, 6) is -0.356. The molecule has 0 aliphatic heterocycles. The molecule has 1 rings (SSSR count). The van der Waals surface area contributed by atoms with Crippen molar-refractivity contribution >= 4 is 23.2 Å². The number of anilines is 2. The molecule has 19 heavy (non-hydrogen) atoms. The lowest BCUT2D eigenvalue weighted by molar-refractivity contribution is -0.117. The summed E-state index contributed by atoms with van der Waals surface area (Å²) in [6.45, 7) is 5.31. The summed E-state index contributed by atoms with van der Waals surface area (Å²) in [6, 6.07) is 6.31. The lowest BCUT2D eigenvalue weighted by Crippen LogP contribution is -2.35. The third kappa shape index (κ3) is 4.93. The standard InChI is InChI=1S/C14H19N3O2/c1-3-6-12(15)14(19)17-11-8-5-7-10(9-11)16-13(18)4-2/h3,5,7-9,12H,1,4,6,15H2,2H3,(H,16,18)(H,17,19). The van der Waals surface area contributed by atoms with Gasteiger partial charge in [0.2, 0.25) is 11.8 Å². The molecule has 0 spiro atoms. The number of benzene rings is 1. The minimum absolute atomic E-state index is 0.0770. The highest BCUT2D eigenvalue weighted by Crippen LogP contribution is 2.15. The van der Waals surface area contributed by atoms with Gasteiger partial charge in [-0.3, -0.25) is 9.59 Å². The normalized spacial score (nSPS) is 11.5. The predicted molar refractivity (Wildman–Crippen MR) is 76.8 cm³/mol. The van der Waals surface area contributed by atoms with E-state index < -0.39 is 6.04 Å². The van der Waals surface area contributed by atoms with Crippen molar-refractivity contribution in [2.24, 2.45) is 5.73 Å². The Balaban J connectivity index is 2.69. The van der Waals surface area contributed by atoms with E-state index in [2.05, 4.69) is 17.2 Å². The van der Waals surface area contributed by atoms with Gasteiger partial charge in [-0.15, -0.1) is 6.58 Å². The third-order valence-corrected chi connectivity index (χ3v) is 2.49. The Labute approximate surface area is 112 Å². The van der Waals surface area contributed by atoms with Crippen LogP contribution in [0.3, 0.4) is 0 Å². The molecule has 0 saturated carbocycles. The average molecular weight is 261 g/mol. The number of amides is 2. The molecule has 0 heterocycles. The maximum Gasteiger partial charge on any atom is 0.241 e. The molecular formula is C14H19N3O2. The predicted octanol–water partition coefficient (Wildman–Crippen LogP) is 1.88. The first-order chi connectivity index (χ1) is 9.06. The smallest absolute Gasteiger partial charge is 0.241 e. The van der Waals surface area contributed by atoms with Gasteiger partial charge in [-0.1, -0.05) is 19.1 Å². The highest BCUT2D eigenvalue weighted by Gasteiger charge is 2.11. The molecular weight excluding hydrogens is 242 g/mol. The molecule has 0 bridgehead atoms. The lowest BCUT2D eigenvalue weighted by atomic mass is 10.2. The highest BCUT2D eigenvalue weighted by molar-refractivity contribution is 5.96. The zero-order valence-electron chi connectivity index (χ0n) is 11.0. The van der Waals surface area contributed by atoms with Gasteiger partial charge in [0.05, 0.1) is 6.04 Å². The Morgan fingerprint density at radius 2 is 2.00 bits per heavy atom. The van der Waals surface area contributed by atoms with Gasteiger partial charge < -0.3 is 16.4 Å². The molecule has 5 nitrogen and oxygen atoms in total. The molecule has 1 atom stereocenters. The fourth-order valence-electron chi connectivity index (χ4n) is 1.45. The van der Waals surface area contributed by atoms with E-state index in [-0.39, 0.29) is 11.8 Å². The van der Waals surface area contributed by atoms with Gasteiger partial charge in [0.25, 0.3) is 0 Å². The van der Waals surface area contributed by atoms with Crippen LogP contribution in [0.4, 0.5) is 11.4 Å². The van der Waals surface area contributed by atoms with Crippen molar-refractivity contribution in [2.45, 2.75) is 25.8 Å². The van der Waals surface area contributed by atoms with Gasteiger partial charge in [-0.05, 0) is 24.6 Å². The number of hydrogen-bond acceptors (Lipinski definition) is 3. The second-order valence-electron chi connectivity index (χ2n) is 4.10. The zero-order chi connectivity index (χ0) is 14.3. The van der Waals surface area contributed by atoms with Crippen molar-refractivity contribution in [3.05, 3.63) is 36.9 Å². The van der Waals surface area contributed by atoms with Crippen LogP contribution < -0.4 is 16.4 Å². The number of carbonyl (C=O) groups is 2. The van der Waals surface area contributed by atoms with Crippen LogP contribution in [0.1, 0.15) is 19.8 Å². The quantitative estimate of drug-likeness (QED) is 0.683. The molecule has 0 fully saturated rings. The number of rotatable bonds is 6. The maximum atomic E-state index is 11.7. The molecule has 1 aromatic carbocycles. The fourth-order valence-corrected chi connectivity index (χ4v) is 1.45. The van der Waals surface area contributed by atoms with Gasteiger partial charge in [0.1, 0.15) is 0 Å². The number of carbonyl (C=O) groups excluding carboxylic acids is 2. The van der Waals surface area contributed by atoms with E-state index in [1.165, 1.54) is 0 Å². The fraction of sp³-hybridized carbons (Fsp3) is 0.286. The molecule has 2 amide bonds. The van der Waals surface area contributed by atoms with Crippen molar-refractivity contribution in [1.82, 2.24) is 0 Å². The minimum atomic E-state index is -0.619. The molecule has 0 radical (unpaired) electrons. The summed E-state index contributed by atoms with van der Waals surface area (Å²) >= 11 is 0. The first-order valence-corrected chi connectivity index (χ1v) is 6.14. The Bertz CT molecular complexity index is 472. The van der Waals surface area contributed by atoms with E-state index >= 15 is 0 Å². The van der Waals surface area contributed by atoms with Crippen molar-refractivity contribution < 1.29 is 9.59 Å². The van der Waals surface area contributed by atoms with Crippen LogP contribution in [-0.2, 0) is 9.59 Å². The maximum absolute atomic E-state index is 11.7. The topological polar surface area (TPSA) is 84.2 Å². The molecule has 0 aliphatic rings. The molecule has 5 heteroatoms. The summed E-state index contributed by atoms with van der Waals surface area (Å²) < 4.78 is 0. The number of nitrogens with two attached hydrogens (primary N) is 1. The van der Waals surface area contributed by atoms with Crippen molar-refractivity contribution in [3.8, 4) is 0 Å². The first-order valence-electron chi connectivity index (χ1n) is 6.14. The Morgan fingerprint density at radius 1 is 1.37 bits per heavy atom. The van der Waals surface area contributed by atoms with E-state index in [0.29, 0.717) is 24.2 Å². The highest BCUT2D eigenvalue weighted by atomic mass is 16.2. The Hall–Kier alpha value is -2.14. The molecule has 1 unspecified atom stereocenters. The van der Waals surface area contributed by atoms with Crippen LogP contribution >= 0.6 is 0 Å². The van der Waals surface area contributed by atoms with E-state index in [1.807, 2.05) is 0 Å². The van der Waals surface area contributed by atoms with Crippen LogP contribution in [0.2, 0.25) is 0 Å². The largest absolute Gasteiger partial charge is 0.326 e. The SMILES string of the molecule is C=CCC(N)C(=O)Nc1cccc(NC(=O)CC)c1. The van der Waals surface area contributed by atoms with E-state index in [0.717, 1.165) is 0 Å². The van der Waals surface area contributed by atoms with Crippen LogP contribution in [0.15, 0.2) is 36.9 Å². The van der Waals surface area contributed by atoms with Crippen LogP contribution in [0.5, 0.6) is 0 Å². The van der Waals surface area contributed by atoms with Crippen molar-refractivity contribution in [1.29, 1.82) is 0 Å². The summed E-state index contributed by atoms with van der Waals surface area (Å²) in [7, 11) is 0. The molecule has 0 aliphatic carbocycles. The molecule has 4 N–H and O–H groups in total. The van der Waals surface area contributed by atoms with Gasteiger partial charge in [0, 0.05) is 17.8 Å². The second-order valence-corrected chi connectivity index (χ2v) is 4.10. The monoisotopic (exact) mass is 261 g/mol.